The number of likely N-dealkylation sites (N-methyl/N-ethyl adjacent to an activating group) is 1. The van der Waals surface area contributed by atoms with Crippen LogP contribution in [0, 0.1) is 0 Å². The molecular weight excluding hydrogens is 250 g/mol. The third-order valence-corrected chi connectivity index (χ3v) is 3.64. The van der Waals surface area contributed by atoms with Gasteiger partial charge < -0.3 is 15.2 Å². The highest BCUT2D eigenvalue weighted by Gasteiger charge is 2.13. The minimum Gasteiger partial charge on any atom is -0.384 e. The first-order valence-electron chi connectivity index (χ1n) is 7.11. The zero-order chi connectivity index (χ0) is 14.5. The second kappa shape index (κ2) is 6.52. The summed E-state index contributed by atoms with van der Waals surface area (Å²) in [5.41, 5.74) is 7.76. The summed E-state index contributed by atoms with van der Waals surface area (Å²) in [6.07, 6.45) is 5.57. The van der Waals surface area contributed by atoms with Gasteiger partial charge in [-0.05, 0) is 32.1 Å². The van der Waals surface area contributed by atoms with Crippen LogP contribution < -0.4 is 5.73 Å². The Kier molecular flexibility index (Phi) is 4.74. The summed E-state index contributed by atoms with van der Waals surface area (Å²) in [5, 5.41) is 0. The normalized spacial score (nSPS) is 12.8. The minimum atomic E-state index is 0.366. The van der Waals surface area contributed by atoms with E-state index in [-0.39, 0.29) is 0 Å². The SMILES string of the molecule is CCN(CC)CC(C)n1cncc1-c1ccc(N)nc1. The van der Waals surface area contributed by atoms with Gasteiger partial charge in [0, 0.05) is 24.3 Å². The van der Waals surface area contributed by atoms with Crippen LogP contribution in [0.5, 0.6) is 0 Å². The van der Waals surface area contributed by atoms with Gasteiger partial charge in [-0.1, -0.05) is 13.8 Å². The molecule has 108 valence electrons. The summed E-state index contributed by atoms with van der Waals surface area (Å²) in [6, 6.07) is 4.17. The fourth-order valence-electron chi connectivity index (χ4n) is 2.38. The van der Waals surface area contributed by atoms with Crippen molar-refractivity contribution >= 4 is 5.82 Å². The molecule has 0 radical (unpaired) electrons. The third-order valence-electron chi connectivity index (χ3n) is 3.64. The lowest BCUT2D eigenvalue weighted by molar-refractivity contribution is 0.262. The van der Waals surface area contributed by atoms with Crippen molar-refractivity contribution in [3.05, 3.63) is 30.9 Å². The monoisotopic (exact) mass is 273 g/mol. The Morgan fingerprint density at radius 1 is 1.25 bits per heavy atom. The number of imidazole rings is 1. The van der Waals surface area contributed by atoms with Crippen molar-refractivity contribution in [2.45, 2.75) is 26.8 Å². The maximum atomic E-state index is 5.64. The Hall–Kier alpha value is -1.88. The highest BCUT2D eigenvalue weighted by Crippen LogP contribution is 2.22. The maximum absolute atomic E-state index is 5.64. The predicted molar refractivity (Wildman–Crippen MR) is 82.4 cm³/mol. The summed E-state index contributed by atoms with van der Waals surface area (Å²) >= 11 is 0. The van der Waals surface area contributed by atoms with Crippen LogP contribution >= 0.6 is 0 Å². The van der Waals surface area contributed by atoms with Gasteiger partial charge >= 0.3 is 0 Å². The molecule has 0 aliphatic rings. The van der Waals surface area contributed by atoms with E-state index in [9.17, 15) is 0 Å². The molecule has 2 aromatic heterocycles. The fourth-order valence-corrected chi connectivity index (χ4v) is 2.38. The lowest BCUT2D eigenvalue weighted by Crippen LogP contribution is -2.29. The number of nitrogens with zero attached hydrogens (tertiary/aromatic N) is 4. The largest absolute Gasteiger partial charge is 0.384 e. The van der Waals surface area contributed by atoms with Crippen molar-refractivity contribution in [1.29, 1.82) is 0 Å². The molecule has 2 heterocycles. The van der Waals surface area contributed by atoms with Gasteiger partial charge in [0.15, 0.2) is 0 Å². The van der Waals surface area contributed by atoms with Gasteiger partial charge in [-0.15, -0.1) is 0 Å². The van der Waals surface area contributed by atoms with Crippen molar-refractivity contribution < 1.29 is 0 Å². The number of nitrogen functional groups attached to an aromatic ring is 1. The highest BCUT2D eigenvalue weighted by molar-refractivity contribution is 5.59. The number of aromatic nitrogens is 3. The van der Waals surface area contributed by atoms with Gasteiger partial charge in [-0.3, -0.25) is 0 Å². The Labute approximate surface area is 120 Å². The number of rotatable bonds is 6. The van der Waals surface area contributed by atoms with Gasteiger partial charge in [0.1, 0.15) is 5.82 Å². The lowest BCUT2D eigenvalue weighted by Gasteiger charge is -2.24. The molecule has 0 fully saturated rings. The summed E-state index contributed by atoms with van der Waals surface area (Å²) in [5.74, 6) is 0.538. The Morgan fingerprint density at radius 3 is 2.60 bits per heavy atom. The molecule has 1 unspecified atom stereocenters. The van der Waals surface area contributed by atoms with Gasteiger partial charge in [0.2, 0.25) is 0 Å². The highest BCUT2D eigenvalue weighted by atomic mass is 15.2. The van der Waals surface area contributed by atoms with E-state index in [1.807, 2.05) is 24.7 Å². The van der Waals surface area contributed by atoms with Crippen molar-refractivity contribution in [2.24, 2.45) is 0 Å². The summed E-state index contributed by atoms with van der Waals surface area (Å²) < 4.78 is 2.20. The molecule has 0 aliphatic heterocycles. The second-order valence-electron chi connectivity index (χ2n) is 4.99. The molecule has 0 aromatic carbocycles. The van der Waals surface area contributed by atoms with E-state index in [1.54, 1.807) is 6.20 Å². The molecule has 0 spiro atoms. The second-order valence-corrected chi connectivity index (χ2v) is 4.99. The average molecular weight is 273 g/mol. The number of pyridine rings is 1. The molecule has 0 amide bonds. The zero-order valence-corrected chi connectivity index (χ0v) is 12.5. The Bertz CT molecular complexity index is 527. The molecule has 5 nitrogen and oxygen atoms in total. The zero-order valence-electron chi connectivity index (χ0n) is 12.5. The molecule has 0 aliphatic carbocycles. The van der Waals surface area contributed by atoms with Crippen molar-refractivity contribution in [2.75, 3.05) is 25.4 Å². The molecule has 0 saturated heterocycles. The van der Waals surface area contributed by atoms with Crippen LogP contribution in [0.3, 0.4) is 0 Å². The van der Waals surface area contributed by atoms with Gasteiger partial charge in [0.05, 0.1) is 18.2 Å². The van der Waals surface area contributed by atoms with Crippen molar-refractivity contribution in [3.63, 3.8) is 0 Å². The molecule has 5 heteroatoms. The topological polar surface area (TPSA) is 60.0 Å². The van der Waals surface area contributed by atoms with Crippen LogP contribution in [-0.4, -0.2) is 39.1 Å². The molecule has 2 rings (SSSR count). The first-order chi connectivity index (χ1) is 9.65. The van der Waals surface area contributed by atoms with Crippen LogP contribution in [0.25, 0.3) is 11.3 Å². The molecule has 2 aromatic rings. The van der Waals surface area contributed by atoms with E-state index in [4.69, 9.17) is 5.73 Å². The molecule has 0 saturated carbocycles. The van der Waals surface area contributed by atoms with Crippen LogP contribution in [0.15, 0.2) is 30.9 Å². The van der Waals surface area contributed by atoms with Crippen LogP contribution in [0.1, 0.15) is 26.8 Å². The van der Waals surface area contributed by atoms with Gasteiger partial charge in [-0.25, -0.2) is 9.97 Å². The van der Waals surface area contributed by atoms with E-state index in [2.05, 4.69) is 40.2 Å². The number of nitrogens with two attached hydrogens (primary N) is 1. The quantitative estimate of drug-likeness (QED) is 0.878. The molecule has 1 atom stereocenters. The predicted octanol–water partition coefficient (Wildman–Crippen LogP) is 2.43. The molecule has 2 N–H and O–H groups in total. The summed E-state index contributed by atoms with van der Waals surface area (Å²) in [4.78, 5) is 10.9. The van der Waals surface area contributed by atoms with Crippen LogP contribution in [0.2, 0.25) is 0 Å². The fraction of sp³-hybridized carbons (Fsp3) is 0.467. The minimum absolute atomic E-state index is 0.366. The lowest BCUT2D eigenvalue weighted by atomic mass is 10.2. The van der Waals surface area contributed by atoms with E-state index >= 15 is 0 Å². The number of hydrogen-bond acceptors (Lipinski definition) is 4. The first kappa shape index (κ1) is 14.5. The van der Waals surface area contributed by atoms with Gasteiger partial charge in [0.25, 0.3) is 0 Å². The number of hydrogen-bond donors (Lipinski definition) is 1. The summed E-state index contributed by atoms with van der Waals surface area (Å²) in [7, 11) is 0. The van der Waals surface area contributed by atoms with E-state index in [1.165, 1.54) is 0 Å². The van der Waals surface area contributed by atoms with E-state index in [0.717, 1.165) is 30.9 Å². The Morgan fingerprint density at radius 2 is 2.00 bits per heavy atom. The molecule has 0 bridgehead atoms. The van der Waals surface area contributed by atoms with E-state index < -0.39 is 0 Å². The van der Waals surface area contributed by atoms with Crippen molar-refractivity contribution in [3.8, 4) is 11.3 Å². The van der Waals surface area contributed by atoms with E-state index in [0.29, 0.717) is 11.9 Å². The van der Waals surface area contributed by atoms with Crippen molar-refractivity contribution in [1.82, 2.24) is 19.4 Å². The third kappa shape index (κ3) is 3.17. The molecular formula is C15H23N5. The van der Waals surface area contributed by atoms with Crippen LogP contribution in [0.4, 0.5) is 5.82 Å². The Balaban J connectivity index is 2.21. The summed E-state index contributed by atoms with van der Waals surface area (Å²) in [6.45, 7) is 9.74. The smallest absolute Gasteiger partial charge is 0.123 e. The molecule has 20 heavy (non-hydrogen) atoms. The standard InChI is InChI=1S/C15H23N5/c1-4-19(5-2)10-12(3)20-11-17-9-14(20)13-6-7-15(16)18-8-13/h6-9,11-12H,4-5,10H2,1-3H3,(H2,16,18). The van der Waals surface area contributed by atoms with Crippen LogP contribution in [-0.2, 0) is 0 Å². The maximum Gasteiger partial charge on any atom is 0.123 e. The van der Waals surface area contributed by atoms with Gasteiger partial charge in [-0.2, -0.15) is 0 Å². The number of anilines is 1. The first-order valence-corrected chi connectivity index (χ1v) is 7.11. The average Bonchev–Trinajstić information content (AvgIpc) is 2.94.